The average Bonchev–Trinajstić information content (AvgIpc) is 2.27. The van der Waals surface area contributed by atoms with E-state index in [0.29, 0.717) is 5.56 Å². The molecule has 0 aliphatic heterocycles. The van der Waals surface area contributed by atoms with E-state index < -0.39 is 31.1 Å². The van der Waals surface area contributed by atoms with Gasteiger partial charge in [-0.25, -0.2) is 0 Å². The van der Waals surface area contributed by atoms with Crippen molar-refractivity contribution in [1.29, 1.82) is 0 Å². The molecule has 2 N–H and O–H groups in total. The Morgan fingerprint density at radius 3 is 1.86 bits per heavy atom. The van der Waals surface area contributed by atoms with Gasteiger partial charge >= 0.3 is 66.7 Å². The second-order valence-corrected chi connectivity index (χ2v) is 5.70. The van der Waals surface area contributed by atoms with Crippen LogP contribution >= 0.6 is 7.60 Å². The minimum atomic E-state index is -5.16. The zero-order chi connectivity index (χ0) is 14.6. The van der Waals surface area contributed by atoms with Crippen molar-refractivity contribution in [2.24, 2.45) is 5.92 Å². The first kappa shape index (κ1) is 23.6. The molecule has 10 heteroatoms. The third-order valence-electron chi connectivity index (χ3n) is 2.59. The second kappa shape index (κ2) is 10.2. The predicted octanol–water partition coefficient (Wildman–Crippen LogP) is -8.10. The molecule has 0 heterocycles. The third kappa shape index (κ3) is 7.41. The van der Waals surface area contributed by atoms with Gasteiger partial charge in [-0.15, -0.1) is 0 Å². The first-order valence-electron chi connectivity index (χ1n) is 5.24. The maximum Gasteiger partial charge on any atom is 1.00 e. The van der Waals surface area contributed by atoms with Gasteiger partial charge in [0.15, 0.2) is 0 Å². The van der Waals surface area contributed by atoms with Crippen molar-refractivity contribution in [3.63, 3.8) is 0 Å². The van der Waals surface area contributed by atoms with E-state index >= 15 is 0 Å². The van der Waals surface area contributed by atoms with Crippen LogP contribution in [0, 0.1) is 5.92 Å². The molecule has 0 saturated heterocycles. The Morgan fingerprint density at radius 1 is 1.05 bits per heavy atom. The molecule has 1 rings (SSSR count). The van der Waals surface area contributed by atoms with Gasteiger partial charge in [0, 0.05) is 11.9 Å². The molecule has 0 radical (unpaired) electrons. The van der Waals surface area contributed by atoms with Crippen LogP contribution in [0.25, 0.3) is 0 Å². The van der Waals surface area contributed by atoms with E-state index in [-0.39, 0.29) is 65.5 Å². The van der Waals surface area contributed by atoms with E-state index in [1.165, 1.54) is 12.1 Å². The SMILES string of the molecule is O=C([O-])C(Cc1ccccc1)C(C(=O)[O-])P(=O)(O)O.[Na+].[Na+]. The summed E-state index contributed by atoms with van der Waals surface area (Å²) in [4.78, 5) is 39.6. The Bertz CT molecular complexity index is 517. The van der Waals surface area contributed by atoms with E-state index in [1.54, 1.807) is 18.2 Å². The van der Waals surface area contributed by atoms with Crippen LogP contribution in [0.15, 0.2) is 30.3 Å². The summed E-state index contributed by atoms with van der Waals surface area (Å²) in [5.74, 6) is -5.83. The fourth-order valence-corrected chi connectivity index (χ4v) is 2.70. The molecular formula is C11H11Na2O7P. The molecule has 7 nitrogen and oxygen atoms in total. The molecular weight excluding hydrogens is 321 g/mol. The normalized spacial score (nSPS) is 13.2. The van der Waals surface area contributed by atoms with Gasteiger partial charge in [-0.2, -0.15) is 0 Å². The molecule has 1 aromatic carbocycles. The Labute approximate surface area is 165 Å². The van der Waals surface area contributed by atoms with Crippen LogP contribution in [0.2, 0.25) is 0 Å². The molecule has 0 amide bonds. The van der Waals surface area contributed by atoms with Crippen molar-refractivity contribution >= 4 is 19.5 Å². The second-order valence-electron chi connectivity index (χ2n) is 3.97. The van der Waals surface area contributed by atoms with Crippen LogP contribution in [-0.2, 0) is 20.6 Å². The van der Waals surface area contributed by atoms with E-state index in [4.69, 9.17) is 9.79 Å². The smallest absolute Gasteiger partial charge is 0.550 e. The fraction of sp³-hybridized carbons (Fsp3) is 0.273. The van der Waals surface area contributed by atoms with Crippen molar-refractivity contribution in [1.82, 2.24) is 0 Å². The topological polar surface area (TPSA) is 138 Å². The molecule has 0 bridgehead atoms. The minimum absolute atomic E-state index is 0. The van der Waals surface area contributed by atoms with E-state index in [9.17, 15) is 24.4 Å². The van der Waals surface area contributed by atoms with Crippen LogP contribution in [0.3, 0.4) is 0 Å². The van der Waals surface area contributed by atoms with Gasteiger partial charge in [0.25, 0.3) is 0 Å². The monoisotopic (exact) mass is 332 g/mol. The van der Waals surface area contributed by atoms with Gasteiger partial charge < -0.3 is 29.6 Å². The van der Waals surface area contributed by atoms with Crippen LogP contribution in [-0.4, -0.2) is 27.4 Å². The van der Waals surface area contributed by atoms with E-state index in [2.05, 4.69) is 0 Å². The van der Waals surface area contributed by atoms with Crippen LogP contribution in [0.4, 0.5) is 0 Å². The zero-order valence-corrected chi connectivity index (χ0v) is 16.5. The molecule has 1 aromatic rings. The van der Waals surface area contributed by atoms with Gasteiger partial charge in [-0.3, -0.25) is 4.57 Å². The maximum atomic E-state index is 11.1. The molecule has 104 valence electrons. The van der Waals surface area contributed by atoms with Crippen molar-refractivity contribution in [3.05, 3.63) is 35.9 Å². The summed E-state index contributed by atoms with van der Waals surface area (Å²) < 4.78 is 11.1. The van der Waals surface area contributed by atoms with Gasteiger partial charge in [0.2, 0.25) is 0 Å². The third-order valence-corrected chi connectivity index (χ3v) is 3.88. The zero-order valence-electron chi connectivity index (χ0n) is 11.6. The van der Waals surface area contributed by atoms with Gasteiger partial charge in [0.05, 0.1) is 5.97 Å². The Hall–Kier alpha value is 0.310. The predicted molar refractivity (Wildman–Crippen MR) is 59.5 cm³/mol. The van der Waals surface area contributed by atoms with Gasteiger partial charge in [-0.1, -0.05) is 30.3 Å². The number of carbonyl (C=O) groups excluding carboxylic acids is 2. The van der Waals surface area contributed by atoms with E-state index in [1.807, 2.05) is 0 Å². The summed E-state index contributed by atoms with van der Waals surface area (Å²) in [7, 11) is -5.16. The minimum Gasteiger partial charge on any atom is -0.550 e. The summed E-state index contributed by atoms with van der Waals surface area (Å²) in [6.45, 7) is 0. The summed E-state index contributed by atoms with van der Waals surface area (Å²) in [6.07, 6.45) is -0.368. The van der Waals surface area contributed by atoms with Gasteiger partial charge in [-0.05, 0) is 12.0 Å². The largest absolute Gasteiger partial charge is 1.00 e. The number of aliphatic carboxylic acids is 2. The molecule has 21 heavy (non-hydrogen) atoms. The molecule has 0 fully saturated rings. The first-order chi connectivity index (χ1) is 8.73. The number of benzene rings is 1. The Kier molecular flexibility index (Phi) is 11.4. The average molecular weight is 332 g/mol. The standard InChI is InChI=1S/C11H13O7P.2Na/c12-10(13)8(6-7-4-2-1-3-5-7)9(11(14)15)19(16,17)18;;/h1-5,8-9H,6H2,(H,12,13)(H,14,15)(H2,16,17,18);;/q;2*+1/p-2. The number of carbonyl (C=O) groups is 2. The molecule has 0 saturated carbocycles. The van der Waals surface area contributed by atoms with Gasteiger partial charge in [0.1, 0.15) is 5.66 Å². The van der Waals surface area contributed by atoms with Crippen molar-refractivity contribution < 1.29 is 93.3 Å². The first-order valence-corrected chi connectivity index (χ1v) is 6.92. The van der Waals surface area contributed by atoms with Crippen molar-refractivity contribution in [3.8, 4) is 0 Å². The van der Waals surface area contributed by atoms with Crippen LogP contribution in [0.1, 0.15) is 5.56 Å². The summed E-state index contributed by atoms with van der Waals surface area (Å²) in [6, 6.07) is 7.88. The summed E-state index contributed by atoms with van der Waals surface area (Å²) >= 11 is 0. The Morgan fingerprint density at radius 2 is 1.52 bits per heavy atom. The van der Waals surface area contributed by atoms with Crippen molar-refractivity contribution in [2.45, 2.75) is 12.1 Å². The Balaban J connectivity index is 0. The number of rotatable bonds is 6. The molecule has 2 unspecified atom stereocenters. The van der Waals surface area contributed by atoms with Crippen LogP contribution < -0.4 is 69.3 Å². The quantitative estimate of drug-likeness (QED) is 0.390. The fourth-order valence-electron chi connectivity index (χ4n) is 1.73. The summed E-state index contributed by atoms with van der Waals surface area (Å²) in [5, 5.41) is 21.7. The molecule has 0 aliphatic rings. The molecule has 0 spiro atoms. The van der Waals surface area contributed by atoms with Crippen molar-refractivity contribution in [2.75, 3.05) is 0 Å². The number of hydrogen-bond acceptors (Lipinski definition) is 5. The maximum absolute atomic E-state index is 11.1. The molecule has 0 aliphatic carbocycles. The molecule has 0 aromatic heterocycles. The summed E-state index contributed by atoms with van der Waals surface area (Å²) in [5.41, 5.74) is -2.01. The van der Waals surface area contributed by atoms with Crippen LogP contribution in [0.5, 0.6) is 0 Å². The number of carboxylic acids is 2. The molecule has 2 atom stereocenters. The number of carboxylic acid groups (broad SMARTS) is 2. The van der Waals surface area contributed by atoms with E-state index in [0.717, 1.165) is 0 Å². The number of hydrogen-bond donors (Lipinski definition) is 2.